The lowest BCUT2D eigenvalue weighted by Gasteiger charge is -2.54. The molecule has 1 aromatic rings. The van der Waals surface area contributed by atoms with Gasteiger partial charge in [0.15, 0.2) is 5.78 Å². The molecule has 0 saturated carbocycles. The smallest absolute Gasteiger partial charge is 0.338 e. The largest absolute Gasteiger partial charge is 0.462 e. The average molecular weight is 591 g/mol. The summed E-state index contributed by atoms with van der Waals surface area (Å²) in [5.41, 5.74) is 1.63. The number of esters is 1. The second-order valence-corrected chi connectivity index (χ2v) is 16.9. The Morgan fingerprint density at radius 3 is 2.73 bits per heavy atom. The molecule has 0 radical (unpaired) electrons. The van der Waals surface area contributed by atoms with Gasteiger partial charge in [-0.05, 0) is 81.4 Å². The summed E-state index contributed by atoms with van der Waals surface area (Å²) in [6, 6.07) is 11.2. The molecular formula is C34H42N2O3S2. The molecule has 5 nitrogen and oxygen atoms in total. The van der Waals surface area contributed by atoms with Crippen LogP contribution in [0.2, 0.25) is 0 Å². The maximum atomic E-state index is 14.2. The van der Waals surface area contributed by atoms with E-state index < -0.39 is 0 Å². The van der Waals surface area contributed by atoms with Gasteiger partial charge in [-0.3, -0.25) is 14.6 Å². The summed E-state index contributed by atoms with van der Waals surface area (Å²) in [5.74, 6) is 3.59. The molecule has 0 N–H and O–H groups in total. The van der Waals surface area contributed by atoms with Crippen LogP contribution in [-0.4, -0.2) is 79.5 Å². The molecule has 7 aliphatic heterocycles. The Labute approximate surface area is 252 Å². The standard InChI is InChI=1S/C34H42N2O3S2/c1-22-16-27-8-5-12-33(20-25(29(17-22)36(27)33)21-39-32(38)23-6-3-2-4-7-23)19-24-18-26-11-13-34(40-14-15-41-34)30-10-9-28(31(24)37)35(26)30/h2-4,6-7,9-10,19,22,25-30H,5,8,11-18,20-21H2,1H3/b24-19+/t22?,25-,26+,27?,28?,29?,30?,33?/m1/s1. The Morgan fingerprint density at radius 1 is 1.07 bits per heavy atom. The molecule has 7 aliphatic rings. The lowest BCUT2D eigenvalue weighted by atomic mass is 9.75. The van der Waals surface area contributed by atoms with Crippen LogP contribution in [0.25, 0.3) is 0 Å². The van der Waals surface area contributed by atoms with E-state index in [1.807, 2.05) is 30.3 Å². The first-order valence-corrected chi connectivity index (χ1v) is 17.9. The molecular weight excluding hydrogens is 549 g/mol. The summed E-state index contributed by atoms with van der Waals surface area (Å²) < 4.78 is 6.24. The third-order valence-corrected chi connectivity index (χ3v) is 15.1. The van der Waals surface area contributed by atoms with Crippen molar-refractivity contribution in [3.63, 3.8) is 0 Å². The SMILES string of the molecule is CC1CC2CCCC3(/C=C4\C[C@@H]5CCC6(SCCS6)C6C=CC(C4=O)N65)C[C@H](COC(=O)c4ccccc4)C(C1)N23. The van der Waals surface area contributed by atoms with Gasteiger partial charge < -0.3 is 4.74 Å². The van der Waals surface area contributed by atoms with Crippen LogP contribution in [0.5, 0.6) is 0 Å². The first-order chi connectivity index (χ1) is 20.0. The van der Waals surface area contributed by atoms with Crippen LogP contribution in [0.4, 0.5) is 0 Å². The van der Waals surface area contributed by atoms with Gasteiger partial charge in [-0.15, -0.1) is 23.5 Å². The maximum absolute atomic E-state index is 14.2. The number of fused-ring (bicyclic) bond motifs is 1. The Balaban J connectivity index is 1.08. The van der Waals surface area contributed by atoms with Crippen molar-refractivity contribution in [2.75, 3.05) is 18.1 Å². The number of rotatable bonds is 4. The minimum absolute atomic E-state index is 0.0824. The molecule has 8 rings (SSSR count). The van der Waals surface area contributed by atoms with Crippen LogP contribution in [-0.2, 0) is 9.53 Å². The average Bonchev–Trinajstić information content (AvgIpc) is 3.71. The number of carbonyl (C=O) groups excluding carboxylic acids is 2. The van der Waals surface area contributed by atoms with Gasteiger partial charge in [0.05, 0.1) is 28.3 Å². The number of ether oxygens (including phenoxy) is 1. The molecule has 6 saturated heterocycles. The highest BCUT2D eigenvalue weighted by Crippen LogP contribution is 2.58. The normalized spacial score (nSPS) is 42.0. The minimum Gasteiger partial charge on any atom is -0.462 e. The zero-order valence-corrected chi connectivity index (χ0v) is 25.7. The van der Waals surface area contributed by atoms with Crippen molar-refractivity contribution < 1.29 is 14.3 Å². The van der Waals surface area contributed by atoms with Gasteiger partial charge in [-0.2, -0.15) is 0 Å². The van der Waals surface area contributed by atoms with Gasteiger partial charge >= 0.3 is 5.97 Å². The topological polar surface area (TPSA) is 49.9 Å². The van der Waals surface area contributed by atoms with Gasteiger partial charge in [0.1, 0.15) is 0 Å². The van der Waals surface area contributed by atoms with Crippen molar-refractivity contribution in [1.82, 2.24) is 9.80 Å². The van der Waals surface area contributed by atoms with Gasteiger partial charge in [-0.25, -0.2) is 4.79 Å². The van der Waals surface area contributed by atoms with Crippen LogP contribution >= 0.6 is 23.5 Å². The summed E-state index contributed by atoms with van der Waals surface area (Å²) in [4.78, 5) is 32.5. The molecule has 0 aromatic heterocycles. The van der Waals surface area contributed by atoms with Crippen LogP contribution < -0.4 is 0 Å². The number of hydrogen-bond acceptors (Lipinski definition) is 7. The first kappa shape index (κ1) is 27.0. The van der Waals surface area contributed by atoms with E-state index in [1.165, 1.54) is 43.6 Å². The monoisotopic (exact) mass is 590 g/mol. The highest BCUT2D eigenvalue weighted by molar-refractivity contribution is 8.21. The van der Waals surface area contributed by atoms with E-state index in [0.29, 0.717) is 54.0 Å². The highest BCUT2D eigenvalue weighted by atomic mass is 32.2. The van der Waals surface area contributed by atoms with Crippen molar-refractivity contribution >= 4 is 35.3 Å². The molecule has 41 heavy (non-hydrogen) atoms. The number of thioether (sulfide) groups is 2. The minimum atomic E-state index is -0.220. The first-order valence-electron chi connectivity index (χ1n) is 16.0. The quantitative estimate of drug-likeness (QED) is 0.239. The molecule has 7 heterocycles. The Bertz CT molecular complexity index is 1280. The number of benzene rings is 1. The summed E-state index contributed by atoms with van der Waals surface area (Å²) >= 11 is 4.28. The van der Waals surface area contributed by atoms with Crippen molar-refractivity contribution in [1.29, 1.82) is 0 Å². The number of carbonyl (C=O) groups is 2. The van der Waals surface area contributed by atoms with Gasteiger partial charge in [-0.1, -0.05) is 43.4 Å². The predicted molar refractivity (Wildman–Crippen MR) is 166 cm³/mol. The highest BCUT2D eigenvalue weighted by Gasteiger charge is 2.59. The summed E-state index contributed by atoms with van der Waals surface area (Å²) in [7, 11) is 0. The summed E-state index contributed by atoms with van der Waals surface area (Å²) in [5, 5.41) is 0. The third kappa shape index (κ3) is 4.35. The van der Waals surface area contributed by atoms with E-state index in [2.05, 4.69) is 58.5 Å². The van der Waals surface area contributed by atoms with E-state index in [1.54, 1.807) is 0 Å². The molecule has 0 aliphatic carbocycles. The van der Waals surface area contributed by atoms with Gasteiger partial charge in [0, 0.05) is 41.1 Å². The molecule has 7 heteroatoms. The van der Waals surface area contributed by atoms with Gasteiger partial charge in [0.25, 0.3) is 0 Å². The predicted octanol–water partition coefficient (Wildman–Crippen LogP) is 6.10. The molecule has 6 unspecified atom stereocenters. The maximum Gasteiger partial charge on any atom is 0.338 e. The molecule has 1 spiro atoms. The van der Waals surface area contributed by atoms with Crippen LogP contribution in [0, 0.1) is 11.8 Å². The zero-order chi connectivity index (χ0) is 27.8. The third-order valence-electron chi connectivity index (χ3n) is 11.4. The molecule has 8 atom stereocenters. The Kier molecular flexibility index (Phi) is 6.78. The Hall–Kier alpha value is -1.54. The zero-order valence-electron chi connectivity index (χ0n) is 24.1. The molecule has 6 fully saturated rings. The lowest BCUT2D eigenvalue weighted by molar-refractivity contribution is -0.123. The van der Waals surface area contributed by atoms with Crippen LogP contribution in [0.1, 0.15) is 75.1 Å². The summed E-state index contributed by atoms with van der Waals surface area (Å²) in [6.45, 7) is 2.87. The number of nitrogens with zero attached hydrogens (tertiary/aromatic N) is 2. The fourth-order valence-electron chi connectivity index (χ4n) is 9.92. The fraction of sp³-hybridized carbons (Fsp3) is 0.647. The molecule has 1 aromatic carbocycles. The fourth-order valence-corrected chi connectivity index (χ4v) is 13.4. The van der Waals surface area contributed by atoms with Crippen molar-refractivity contribution in [3.8, 4) is 0 Å². The molecule has 0 amide bonds. The summed E-state index contributed by atoms with van der Waals surface area (Å²) in [6.07, 6.45) is 17.4. The van der Waals surface area contributed by atoms with Crippen LogP contribution in [0.3, 0.4) is 0 Å². The number of Topliss-reactive ketones (excluding diaryl/α,β-unsaturated/α-hetero) is 1. The Morgan fingerprint density at radius 2 is 1.90 bits per heavy atom. The van der Waals surface area contributed by atoms with E-state index in [0.717, 1.165) is 31.3 Å². The number of piperidine rings is 4. The number of ketones is 1. The van der Waals surface area contributed by atoms with Gasteiger partial charge in [0.2, 0.25) is 0 Å². The van der Waals surface area contributed by atoms with E-state index in [4.69, 9.17) is 4.74 Å². The molecule has 0 bridgehead atoms. The van der Waals surface area contributed by atoms with Crippen molar-refractivity contribution in [3.05, 3.63) is 59.7 Å². The lowest BCUT2D eigenvalue weighted by Crippen LogP contribution is -2.61. The van der Waals surface area contributed by atoms with E-state index in [-0.39, 0.29) is 21.6 Å². The van der Waals surface area contributed by atoms with Crippen molar-refractivity contribution in [2.45, 2.75) is 105 Å². The van der Waals surface area contributed by atoms with Crippen LogP contribution in [0.15, 0.2) is 54.1 Å². The molecule has 218 valence electrons. The second kappa shape index (κ2) is 10.3. The second-order valence-electron chi connectivity index (χ2n) is 13.8. The van der Waals surface area contributed by atoms with E-state index in [9.17, 15) is 9.59 Å². The van der Waals surface area contributed by atoms with Crippen molar-refractivity contribution in [2.24, 2.45) is 11.8 Å². The van der Waals surface area contributed by atoms with E-state index >= 15 is 0 Å². The number of hydrogen-bond donors (Lipinski definition) is 0.